The molecule has 0 amide bonds. The van der Waals surface area contributed by atoms with Crippen LogP contribution in [-0.4, -0.2) is 28.5 Å². The van der Waals surface area contributed by atoms with Gasteiger partial charge in [0, 0.05) is 12.9 Å². The van der Waals surface area contributed by atoms with Crippen molar-refractivity contribution in [3.8, 4) is 5.75 Å². The standard InChI is InChI=1S/C21H21F4N3O2S/c1-14(11-29-2)28-19(12-30-18-9-4-3-8-17(18)22)26-27-20(28)31-13-15-6-5-7-16(10-15)21(23,24)25/h3-10,14H,11-13H2,1-2H3/t14-/m0/s1. The van der Waals surface area contributed by atoms with Gasteiger partial charge in [-0.2, -0.15) is 13.2 Å². The van der Waals surface area contributed by atoms with Gasteiger partial charge in [0.25, 0.3) is 0 Å². The van der Waals surface area contributed by atoms with Crippen LogP contribution in [0.1, 0.15) is 29.9 Å². The number of halogens is 4. The maximum Gasteiger partial charge on any atom is 0.416 e. The molecule has 0 aliphatic carbocycles. The van der Waals surface area contributed by atoms with Crippen molar-refractivity contribution in [2.45, 2.75) is 36.7 Å². The zero-order valence-electron chi connectivity index (χ0n) is 16.9. The number of benzene rings is 2. The molecule has 3 aromatic rings. The van der Waals surface area contributed by atoms with Gasteiger partial charge in [-0.3, -0.25) is 4.57 Å². The SMILES string of the molecule is COC[C@H](C)n1c(COc2ccccc2F)nnc1SCc1cccc(C(F)(F)F)c1. The van der Waals surface area contributed by atoms with Crippen molar-refractivity contribution < 1.29 is 27.0 Å². The first-order valence-electron chi connectivity index (χ1n) is 9.38. The van der Waals surface area contributed by atoms with E-state index in [0.717, 1.165) is 12.1 Å². The van der Waals surface area contributed by atoms with Crippen molar-refractivity contribution >= 4 is 11.8 Å². The number of methoxy groups -OCH3 is 1. The van der Waals surface area contributed by atoms with E-state index >= 15 is 0 Å². The first kappa shape index (κ1) is 23.1. The molecule has 5 nitrogen and oxygen atoms in total. The lowest BCUT2D eigenvalue weighted by atomic mass is 10.1. The topological polar surface area (TPSA) is 49.2 Å². The molecule has 10 heteroatoms. The molecule has 0 saturated heterocycles. The van der Waals surface area contributed by atoms with E-state index < -0.39 is 17.6 Å². The largest absolute Gasteiger partial charge is 0.483 e. The second-order valence-corrected chi connectivity index (χ2v) is 7.72. The predicted octanol–water partition coefficient (Wildman–Crippen LogP) is 5.51. The van der Waals surface area contributed by atoms with Crippen molar-refractivity contribution in [1.82, 2.24) is 14.8 Å². The third kappa shape index (κ3) is 5.98. The molecule has 166 valence electrons. The van der Waals surface area contributed by atoms with E-state index in [1.54, 1.807) is 29.9 Å². The van der Waals surface area contributed by atoms with E-state index in [2.05, 4.69) is 10.2 Å². The van der Waals surface area contributed by atoms with Gasteiger partial charge in [-0.15, -0.1) is 10.2 Å². The van der Waals surface area contributed by atoms with Gasteiger partial charge in [-0.1, -0.05) is 42.1 Å². The number of para-hydroxylation sites is 1. The maximum atomic E-state index is 13.8. The number of aromatic nitrogens is 3. The molecule has 0 N–H and O–H groups in total. The summed E-state index contributed by atoms with van der Waals surface area (Å²) in [5.74, 6) is 0.335. The second-order valence-electron chi connectivity index (χ2n) is 6.78. The number of hydrogen-bond acceptors (Lipinski definition) is 5. The fourth-order valence-electron chi connectivity index (χ4n) is 2.95. The summed E-state index contributed by atoms with van der Waals surface area (Å²) < 4.78 is 65.3. The summed E-state index contributed by atoms with van der Waals surface area (Å²) >= 11 is 1.26. The predicted molar refractivity (Wildman–Crippen MR) is 108 cm³/mol. The van der Waals surface area contributed by atoms with E-state index in [9.17, 15) is 17.6 Å². The molecule has 0 bridgehead atoms. The fourth-order valence-corrected chi connectivity index (χ4v) is 3.95. The van der Waals surface area contributed by atoms with Crippen LogP contribution in [0.3, 0.4) is 0 Å². The number of nitrogens with zero attached hydrogens (tertiary/aromatic N) is 3. The fraction of sp³-hybridized carbons (Fsp3) is 0.333. The molecule has 0 fully saturated rings. The minimum Gasteiger partial charge on any atom is -0.483 e. The van der Waals surface area contributed by atoms with Crippen molar-refractivity contribution in [2.24, 2.45) is 0 Å². The highest BCUT2D eigenvalue weighted by Gasteiger charge is 2.30. The molecule has 1 atom stereocenters. The smallest absolute Gasteiger partial charge is 0.416 e. The zero-order valence-corrected chi connectivity index (χ0v) is 17.7. The molecule has 0 unspecified atom stereocenters. The second kappa shape index (κ2) is 10.1. The molecular formula is C21H21F4N3O2S. The van der Waals surface area contributed by atoms with Gasteiger partial charge in [0.15, 0.2) is 22.5 Å². The number of thioether (sulfide) groups is 1. The molecule has 3 rings (SSSR count). The number of ether oxygens (including phenoxy) is 2. The monoisotopic (exact) mass is 455 g/mol. The van der Waals surface area contributed by atoms with E-state index in [0.29, 0.717) is 23.2 Å². The Morgan fingerprint density at radius 3 is 2.58 bits per heavy atom. The zero-order chi connectivity index (χ0) is 22.4. The van der Waals surface area contributed by atoms with Crippen molar-refractivity contribution in [3.63, 3.8) is 0 Å². The molecule has 1 aromatic heterocycles. The van der Waals surface area contributed by atoms with Gasteiger partial charge in [0.1, 0.15) is 6.61 Å². The van der Waals surface area contributed by atoms with Crippen LogP contribution < -0.4 is 4.74 Å². The third-order valence-corrected chi connectivity index (χ3v) is 5.41. The first-order chi connectivity index (χ1) is 14.8. The Kier molecular flexibility index (Phi) is 7.55. The quantitative estimate of drug-likeness (QED) is 0.314. The highest BCUT2D eigenvalue weighted by atomic mass is 32.2. The lowest BCUT2D eigenvalue weighted by Crippen LogP contribution is -2.16. The highest BCUT2D eigenvalue weighted by Crippen LogP contribution is 2.32. The lowest BCUT2D eigenvalue weighted by Gasteiger charge is -2.17. The summed E-state index contributed by atoms with van der Waals surface area (Å²) in [6, 6.07) is 11.0. The van der Waals surface area contributed by atoms with Gasteiger partial charge < -0.3 is 9.47 Å². The van der Waals surface area contributed by atoms with Gasteiger partial charge in [0.05, 0.1) is 18.2 Å². The van der Waals surface area contributed by atoms with Crippen LogP contribution in [-0.2, 0) is 23.3 Å². The van der Waals surface area contributed by atoms with Crippen molar-refractivity contribution in [1.29, 1.82) is 0 Å². The van der Waals surface area contributed by atoms with Gasteiger partial charge in [-0.05, 0) is 30.7 Å². The Morgan fingerprint density at radius 2 is 1.87 bits per heavy atom. The summed E-state index contributed by atoms with van der Waals surface area (Å²) in [7, 11) is 1.56. The highest BCUT2D eigenvalue weighted by molar-refractivity contribution is 7.98. The molecule has 0 radical (unpaired) electrons. The van der Waals surface area contributed by atoms with Gasteiger partial charge in [0.2, 0.25) is 0 Å². The summed E-state index contributed by atoms with van der Waals surface area (Å²) in [5, 5.41) is 8.82. The van der Waals surface area contributed by atoms with Crippen LogP contribution >= 0.6 is 11.8 Å². The minimum absolute atomic E-state index is 0.0217. The lowest BCUT2D eigenvalue weighted by molar-refractivity contribution is -0.137. The summed E-state index contributed by atoms with van der Waals surface area (Å²) in [6.45, 7) is 2.24. The van der Waals surface area contributed by atoms with Crippen molar-refractivity contribution in [2.75, 3.05) is 13.7 Å². The van der Waals surface area contributed by atoms with Gasteiger partial charge in [-0.25, -0.2) is 4.39 Å². The molecule has 2 aromatic carbocycles. The summed E-state index contributed by atoms with van der Waals surface area (Å²) in [4.78, 5) is 0. The van der Waals surface area contributed by atoms with Crippen LogP contribution in [0.5, 0.6) is 5.75 Å². The molecule has 0 saturated carbocycles. The van der Waals surface area contributed by atoms with E-state index in [4.69, 9.17) is 9.47 Å². The van der Waals surface area contributed by atoms with Crippen LogP contribution in [0.2, 0.25) is 0 Å². The molecule has 0 spiro atoms. The number of rotatable bonds is 9. The van der Waals surface area contributed by atoms with E-state index in [-0.39, 0.29) is 24.2 Å². The number of alkyl halides is 3. The first-order valence-corrected chi connectivity index (χ1v) is 10.4. The van der Waals surface area contributed by atoms with Crippen LogP contribution in [0.4, 0.5) is 17.6 Å². The molecular weight excluding hydrogens is 434 g/mol. The molecule has 0 aliphatic heterocycles. The Hall–Kier alpha value is -2.59. The van der Waals surface area contributed by atoms with Crippen LogP contribution in [0.25, 0.3) is 0 Å². The Labute approximate surface area is 181 Å². The Balaban J connectivity index is 1.78. The number of hydrogen-bond donors (Lipinski definition) is 0. The van der Waals surface area contributed by atoms with Gasteiger partial charge >= 0.3 is 6.18 Å². The Morgan fingerprint density at radius 1 is 1.10 bits per heavy atom. The van der Waals surface area contributed by atoms with E-state index in [1.807, 2.05) is 6.92 Å². The molecule has 31 heavy (non-hydrogen) atoms. The molecule has 1 heterocycles. The third-order valence-electron chi connectivity index (χ3n) is 4.40. The Bertz CT molecular complexity index is 1010. The van der Waals surface area contributed by atoms with Crippen LogP contribution in [0.15, 0.2) is 53.7 Å². The minimum atomic E-state index is -4.40. The molecule has 0 aliphatic rings. The van der Waals surface area contributed by atoms with E-state index in [1.165, 1.54) is 30.0 Å². The van der Waals surface area contributed by atoms with Crippen molar-refractivity contribution in [3.05, 3.63) is 71.3 Å². The normalized spacial score (nSPS) is 12.7. The maximum absolute atomic E-state index is 13.8. The summed E-state index contributed by atoms with van der Waals surface area (Å²) in [6.07, 6.45) is -4.40. The average Bonchev–Trinajstić information content (AvgIpc) is 3.14. The van der Waals surface area contributed by atoms with Crippen LogP contribution in [0, 0.1) is 5.82 Å². The average molecular weight is 455 g/mol. The summed E-state index contributed by atoms with van der Waals surface area (Å²) in [5.41, 5.74) is -0.184.